The van der Waals surface area contributed by atoms with Gasteiger partial charge in [-0.1, -0.05) is 13.8 Å². The van der Waals surface area contributed by atoms with E-state index in [0.717, 1.165) is 35.4 Å². The van der Waals surface area contributed by atoms with Gasteiger partial charge in [0.25, 0.3) is 5.91 Å². The molecule has 4 rings (SSSR count). The van der Waals surface area contributed by atoms with Gasteiger partial charge >= 0.3 is 0 Å². The zero-order valence-electron chi connectivity index (χ0n) is 15.0. The van der Waals surface area contributed by atoms with Crippen LogP contribution < -0.4 is 0 Å². The van der Waals surface area contributed by atoms with E-state index in [4.69, 9.17) is 4.74 Å². The Morgan fingerprint density at radius 1 is 1.42 bits per heavy atom. The first-order valence-corrected chi connectivity index (χ1v) is 9.05. The van der Waals surface area contributed by atoms with Crippen LogP contribution in [0.3, 0.4) is 0 Å². The summed E-state index contributed by atoms with van der Waals surface area (Å²) in [4.78, 5) is 14.0. The zero-order valence-corrected chi connectivity index (χ0v) is 15.0. The van der Waals surface area contributed by atoms with Gasteiger partial charge in [-0.25, -0.2) is 0 Å². The van der Waals surface area contributed by atoms with Gasteiger partial charge in [-0.3, -0.25) is 4.79 Å². The number of nitrogens with zero attached hydrogens (tertiary/aromatic N) is 1. The lowest BCUT2D eigenvalue weighted by atomic mass is 9.59. The lowest BCUT2D eigenvalue weighted by molar-refractivity contribution is -0.123. The maximum atomic E-state index is 12.3. The molecule has 1 N–H and O–H groups in total. The molecule has 0 aromatic rings. The van der Waals surface area contributed by atoms with Gasteiger partial charge in [0.05, 0.1) is 12.2 Å². The Bertz CT molecular complexity index is 685. The van der Waals surface area contributed by atoms with E-state index in [2.05, 4.69) is 19.9 Å². The van der Waals surface area contributed by atoms with E-state index in [1.165, 1.54) is 12.8 Å². The molecule has 0 unspecified atom stereocenters. The fourth-order valence-corrected chi connectivity index (χ4v) is 4.45. The molecule has 4 nitrogen and oxygen atoms in total. The summed E-state index contributed by atoms with van der Waals surface area (Å²) in [6, 6.07) is 0. The Morgan fingerprint density at radius 3 is 2.79 bits per heavy atom. The second kappa shape index (κ2) is 5.30. The number of allylic oxidation sites excluding steroid dienone is 3. The Morgan fingerprint density at radius 2 is 2.12 bits per heavy atom. The summed E-state index contributed by atoms with van der Waals surface area (Å²) in [7, 11) is 1.83. The number of aliphatic hydroxyl groups excluding tert-OH is 1. The van der Waals surface area contributed by atoms with Crippen molar-refractivity contribution in [2.45, 2.75) is 52.2 Å². The molecule has 4 heteroatoms. The molecule has 1 amide bonds. The zero-order chi connectivity index (χ0) is 17.2. The predicted molar refractivity (Wildman–Crippen MR) is 92.0 cm³/mol. The number of ether oxygens (including phenoxy) is 1. The highest BCUT2D eigenvalue weighted by atomic mass is 16.5. The minimum Gasteiger partial charge on any atom is -0.386 e. The number of aliphatic hydroxyl groups is 1. The van der Waals surface area contributed by atoms with Gasteiger partial charge in [0.15, 0.2) is 0 Å². The molecular weight excluding hydrogens is 302 g/mol. The lowest BCUT2D eigenvalue weighted by Gasteiger charge is -2.48. The van der Waals surface area contributed by atoms with Gasteiger partial charge in [0, 0.05) is 30.3 Å². The molecule has 0 aromatic heterocycles. The summed E-state index contributed by atoms with van der Waals surface area (Å²) in [5, 5.41) is 10.6. The first-order chi connectivity index (χ1) is 11.3. The standard InChI is InChI=1S/C20H27NO3/c1-11-15-9-20(3)12(2)18(24-10-13-5-6-13)17(22)8-14(20)7-16(15)21(4)19(11)23/h7-8,12-13,17-18,22H,5-6,9-10H2,1-4H3/t12-,17+,18+,20+/m0/s1. The highest BCUT2D eigenvalue weighted by Crippen LogP contribution is 2.54. The van der Waals surface area contributed by atoms with Crippen LogP contribution in [-0.2, 0) is 9.53 Å². The average Bonchev–Trinajstić information content (AvgIpc) is 3.34. The smallest absolute Gasteiger partial charge is 0.254 e. The summed E-state index contributed by atoms with van der Waals surface area (Å²) >= 11 is 0. The van der Waals surface area contributed by atoms with Crippen LogP contribution in [-0.4, -0.2) is 41.8 Å². The van der Waals surface area contributed by atoms with Crippen molar-refractivity contribution in [2.75, 3.05) is 13.7 Å². The van der Waals surface area contributed by atoms with E-state index in [-0.39, 0.29) is 23.3 Å². The fourth-order valence-electron chi connectivity index (χ4n) is 4.45. The summed E-state index contributed by atoms with van der Waals surface area (Å²) in [5.41, 5.74) is 4.06. The Kier molecular flexibility index (Phi) is 3.56. The summed E-state index contributed by atoms with van der Waals surface area (Å²) in [6.07, 6.45) is 6.66. The van der Waals surface area contributed by atoms with Crippen molar-refractivity contribution < 1.29 is 14.6 Å². The SMILES string of the molecule is CC1=C2C[C@@]3(C)C(=C[C@@H](O)[C@H](OCC4CC4)[C@@H]3C)C=C2N(C)C1=O. The van der Waals surface area contributed by atoms with E-state index in [1.807, 2.05) is 20.0 Å². The van der Waals surface area contributed by atoms with Crippen LogP contribution >= 0.6 is 0 Å². The van der Waals surface area contributed by atoms with Crippen LogP contribution in [0.15, 0.2) is 34.6 Å². The van der Waals surface area contributed by atoms with Gasteiger partial charge in [0.1, 0.15) is 0 Å². The van der Waals surface area contributed by atoms with Gasteiger partial charge < -0.3 is 14.7 Å². The predicted octanol–water partition coefficient (Wildman–Crippen LogP) is 2.80. The molecule has 1 aliphatic heterocycles. The molecule has 0 aromatic carbocycles. The van der Waals surface area contributed by atoms with Crippen LogP contribution in [0, 0.1) is 17.3 Å². The molecule has 1 fully saturated rings. The molecule has 4 aliphatic rings. The maximum absolute atomic E-state index is 12.3. The number of carbonyl (C=O) groups is 1. The summed E-state index contributed by atoms with van der Waals surface area (Å²) < 4.78 is 6.12. The first-order valence-electron chi connectivity index (χ1n) is 9.05. The topological polar surface area (TPSA) is 49.8 Å². The van der Waals surface area contributed by atoms with Crippen molar-refractivity contribution in [3.63, 3.8) is 0 Å². The molecule has 1 heterocycles. The number of hydrogen-bond donors (Lipinski definition) is 1. The Balaban J connectivity index is 1.70. The summed E-state index contributed by atoms with van der Waals surface area (Å²) in [5.74, 6) is 0.977. The number of amides is 1. The minimum atomic E-state index is -0.576. The number of rotatable bonds is 3. The normalized spacial score (nSPS) is 38.8. The highest BCUT2D eigenvalue weighted by Gasteiger charge is 2.50. The lowest BCUT2D eigenvalue weighted by Crippen LogP contribution is -2.48. The van der Waals surface area contributed by atoms with Crippen molar-refractivity contribution in [2.24, 2.45) is 17.3 Å². The molecule has 0 spiro atoms. The van der Waals surface area contributed by atoms with Crippen LogP contribution in [0.5, 0.6) is 0 Å². The highest BCUT2D eigenvalue weighted by molar-refractivity contribution is 6.00. The quantitative estimate of drug-likeness (QED) is 0.866. The second-order valence-corrected chi connectivity index (χ2v) is 8.23. The molecule has 1 saturated carbocycles. The molecule has 3 aliphatic carbocycles. The largest absolute Gasteiger partial charge is 0.386 e. The van der Waals surface area contributed by atoms with Gasteiger partial charge in [-0.2, -0.15) is 0 Å². The Hall–Kier alpha value is -1.39. The average molecular weight is 329 g/mol. The van der Waals surface area contributed by atoms with Gasteiger partial charge in [-0.05, 0) is 61.3 Å². The first kappa shape index (κ1) is 16.1. The molecular formula is C20H27NO3. The number of fused-ring (bicyclic) bond motifs is 2. The third kappa shape index (κ3) is 2.23. The molecule has 130 valence electrons. The maximum Gasteiger partial charge on any atom is 0.254 e. The van der Waals surface area contributed by atoms with Crippen molar-refractivity contribution in [1.82, 2.24) is 4.90 Å². The van der Waals surface area contributed by atoms with Crippen molar-refractivity contribution in [3.8, 4) is 0 Å². The van der Waals surface area contributed by atoms with E-state index in [0.29, 0.717) is 5.92 Å². The minimum absolute atomic E-state index is 0.0915. The monoisotopic (exact) mass is 329 g/mol. The van der Waals surface area contributed by atoms with E-state index in [9.17, 15) is 9.90 Å². The van der Waals surface area contributed by atoms with Gasteiger partial charge in [-0.15, -0.1) is 0 Å². The number of hydrogen-bond acceptors (Lipinski definition) is 3. The molecule has 0 radical (unpaired) electrons. The molecule has 0 bridgehead atoms. The molecule has 0 saturated heterocycles. The molecule has 24 heavy (non-hydrogen) atoms. The van der Waals surface area contributed by atoms with E-state index < -0.39 is 6.10 Å². The van der Waals surface area contributed by atoms with Gasteiger partial charge in [0.2, 0.25) is 0 Å². The van der Waals surface area contributed by atoms with Crippen molar-refractivity contribution >= 4 is 5.91 Å². The van der Waals surface area contributed by atoms with E-state index in [1.54, 1.807) is 4.90 Å². The van der Waals surface area contributed by atoms with Crippen LogP contribution in [0.2, 0.25) is 0 Å². The second-order valence-electron chi connectivity index (χ2n) is 8.23. The van der Waals surface area contributed by atoms with Crippen molar-refractivity contribution in [1.29, 1.82) is 0 Å². The Labute approximate surface area is 143 Å². The fraction of sp³-hybridized carbons (Fsp3) is 0.650. The number of likely N-dealkylation sites (N-methyl/N-ethyl adjacent to an activating group) is 1. The van der Waals surface area contributed by atoms with Crippen LogP contribution in [0.1, 0.15) is 40.0 Å². The third-order valence-electron chi connectivity index (χ3n) is 6.65. The van der Waals surface area contributed by atoms with E-state index >= 15 is 0 Å². The summed E-state index contributed by atoms with van der Waals surface area (Å²) in [6.45, 7) is 7.12. The van der Waals surface area contributed by atoms with Crippen LogP contribution in [0.4, 0.5) is 0 Å². The van der Waals surface area contributed by atoms with Crippen LogP contribution in [0.25, 0.3) is 0 Å². The van der Waals surface area contributed by atoms with Crippen molar-refractivity contribution in [3.05, 3.63) is 34.6 Å². The number of carbonyl (C=O) groups excluding carboxylic acids is 1. The molecule has 4 atom stereocenters. The third-order valence-corrected chi connectivity index (χ3v) is 6.65.